The van der Waals surface area contributed by atoms with E-state index in [2.05, 4.69) is 27.5 Å². The van der Waals surface area contributed by atoms with Gasteiger partial charge in [-0.3, -0.25) is 4.79 Å². The molecule has 20 heavy (non-hydrogen) atoms. The van der Waals surface area contributed by atoms with Gasteiger partial charge in [-0.15, -0.1) is 0 Å². The summed E-state index contributed by atoms with van der Waals surface area (Å²) in [6.07, 6.45) is 6.10. The summed E-state index contributed by atoms with van der Waals surface area (Å²) >= 11 is 0. The maximum Gasteiger partial charge on any atom is 0.296 e. The molecule has 0 bridgehead atoms. The molecular weight excluding hydrogens is 252 g/mol. The number of aryl methyl sites for hydroxylation is 1. The number of carbonyl (C=O) groups is 1. The van der Waals surface area contributed by atoms with Crippen LogP contribution in [0, 0.1) is 0 Å². The maximum absolute atomic E-state index is 11.8. The van der Waals surface area contributed by atoms with Crippen molar-refractivity contribution in [3.8, 4) is 5.69 Å². The van der Waals surface area contributed by atoms with E-state index in [0.717, 1.165) is 12.1 Å². The molecule has 2 rings (SSSR count). The second-order valence-electron chi connectivity index (χ2n) is 4.64. The summed E-state index contributed by atoms with van der Waals surface area (Å²) < 4.78 is 2.06. The molecule has 0 N–H and O–H groups in total. The predicted octanol–water partition coefficient (Wildman–Crippen LogP) is 2.16. The highest BCUT2D eigenvalue weighted by Crippen LogP contribution is 2.13. The van der Waals surface area contributed by atoms with E-state index < -0.39 is 0 Å². The molecule has 2 aromatic rings. The van der Waals surface area contributed by atoms with Gasteiger partial charge in [-0.2, -0.15) is 4.99 Å². The summed E-state index contributed by atoms with van der Waals surface area (Å²) in [5.74, 6) is -0.339. The van der Waals surface area contributed by atoms with Crippen molar-refractivity contribution in [1.29, 1.82) is 0 Å². The van der Waals surface area contributed by atoms with Gasteiger partial charge in [0.05, 0.1) is 18.2 Å². The van der Waals surface area contributed by atoms with Gasteiger partial charge in [-0.05, 0) is 30.7 Å². The van der Waals surface area contributed by atoms with Crippen LogP contribution in [-0.4, -0.2) is 40.8 Å². The Morgan fingerprint density at radius 3 is 2.80 bits per heavy atom. The Morgan fingerprint density at radius 2 is 2.20 bits per heavy atom. The average Bonchev–Trinajstić information content (AvgIpc) is 2.93. The number of aliphatic imine (C=N–C) groups is 1. The van der Waals surface area contributed by atoms with Crippen LogP contribution in [0.3, 0.4) is 0 Å². The first-order valence-electron chi connectivity index (χ1n) is 6.49. The summed E-state index contributed by atoms with van der Waals surface area (Å²) in [6.45, 7) is 2.10. The summed E-state index contributed by atoms with van der Waals surface area (Å²) in [6, 6.07) is 7.65. The Bertz CT molecular complexity index is 611. The molecule has 2 aromatic heterocycles. The third kappa shape index (κ3) is 3.12. The topological polar surface area (TPSA) is 50.5 Å². The number of hydrogen-bond acceptors (Lipinski definition) is 2. The fourth-order valence-corrected chi connectivity index (χ4v) is 1.85. The van der Waals surface area contributed by atoms with Gasteiger partial charge in [0.2, 0.25) is 0 Å². The van der Waals surface area contributed by atoms with Gasteiger partial charge in [-0.1, -0.05) is 6.92 Å². The summed E-state index contributed by atoms with van der Waals surface area (Å²) in [7, 11) is 3.62. The molecule has 0 aliphatic rings. The van der Waals surface area contributed by atoms with E-state index in [9.17, 15) is 4.79 Å². The summed E-state index contributed by atoms with van der Waals surface area (Å²) in [5.41, 5.74) is 2.49. The van der Waals surface area contributed by atoms with Crippen LogP contribution in [0.2, 0.25) is 0 Å². The standard InChI is InChI=1S/C15H18N4O/c1-4-12-6-5-9-19(12)13-7-8-14(16-10-13)15(20)17-11-18(2)3/h5-11H,4H2,1-3H3. The Labute approximate surface area is 118 Å². The minimum atomic E-state index is -0.339. The van der Waals surface area contributed by atoms with Crippen molar-refractivity contribution in [3.63, 3.8) is 0 Å². The molecule has 5 nitrogen and oxygen atoms in total. The van der Waals surface area contributed by atoms with E-state index in [1.54, 1.807) is 17.2 Å². The second kappa shape index (κ2) is 6.14. The Morgan fingerprint density at radius 1 is 1.40 bits per heavy atom. The van der Waals surface area contributed by atoms with Crippen molar-refractivity contribution in [2.24, 2.45) is 4.99 Å². The molecule has 0 saturated heterocycles. The van der Waals surface area contributed by atoms with Crippen molar-refractivity contribution in [2.45, 2.75) is 13.3 Å². The maximum atomic E-state index is 11.8. The number of rotatable bonds is 4. The van der Waals surface area contributed by atoms with Crippen LogP contribution in [0.4, 0.5) is 0 Å². The monoisotopic (exact) mass is 270 g/mol. The summed E-state index contributed by atoms with van der Waals surface area (Å²) in [5, 5.41) is 0. The molecule has 0 spiro atoms. The lowest BCUT2D eigenvalue weighted by Gasteiger charge is -2.07. The van der Waals surface area contributed by atoms with E-state index in [1.165, 1.54) is 12.0 Å². The first kappa shape index (κ1) is 14.0. The lowest BCUT2D eigenvalue weighted by molar-refractivity contribution is 0.0997. The molecule has 0 aliphatic carbocycles. The van der Waals surface area contributed by atoms with E-state index >= 15 is 0 Å². The Hall–Kier alpha value is -2.43. The molecule has 0 aromatic carbocycles. The van der Waals surface area contributed by atoms with Crippen LogP contribution in [0.15, 0.2) is 41.7 Å². The molecule has 0 saturated carbocycles. The van der Waals surface area contributed by atoms with Crippen molar-refractivity contribution in [1.82, 2.24) is 14.5 Å². The van der Waals surface area contributed by atoms with E-state index in [1.807, 2.05) is 32.4 Å². The highest BCUT2D eigenvalue weighted by Gasteiger charge is 2.07. The number of amides is 1. The molecule has 2 heterocycles. The molecule has 5 heteroatoms. The molecule has 104 valence electrons. The van der Waals surface area contributed by atoms with E-state index in [4.69, 9.17) is 0 Å². The van der Waals surface area contributed by atoms with Gasteiger partial charge in [0, 0.05) is 26.0 Å². The Kier molecular flexibility index (Phi) is 4.30. The highest BCUT2D eigenvalue weighted by atomic mass is 16.1. The molecule has 0 aliphatic heterocycles. The normalized spacial score (nSPS) is 10.9. The third-order valence-electron chi connectivity index (χ3n) is 2.85. The van der Waals surface area contributed by atoms with Gasteiger partial charge in [0.15, 0.2) is 0 Å². The lowest BCUT2D eigenvalue weighted by atomic mass is 10.3. The average molecular weight is 270 g/mol. The number of pyridine rings is 1. The zero-order chi connectivity index (χ0) is 14.5. The minimum Gasteiger partial charge on any atom is -0.369 e. The van der Waals surface area contributed by atoms with Crippen molar-refractivity contribution in [2.75, 3.05) is 14.1 Å². The molecule has 0 radical (unpaired) electrons. The second-order valence-corrected chi connectivity index (χ2v) is 4.64. The molecule has 0 fully saturated rings. The van der Waals surface area contributed by atoms with E-state index in [0.29, 0.717) is 5.69 Å². The molecule has 0 unspecified atom stereocenters. The van der Waals surface area contributed by atoms with Crippen molar-refractivity contribution < 1.29 is 4.79 Å². The van der Waals surface area contributed by atoms with Gasteiger partial charge < -0.3 is 9.47 Å². The number of hydrogen-bond donors (Lipinski definition) is 0. The Balaban J connectivity index is 2.20. The fourth-order valence-electron chi connectivity index (χ4n) is 1.85. The highest BCUT2D eigenvalue weighted by molar-refractivity contribution is 5.97. The van der Waals surface area contributed by atoms with Gasteiger partial charge in [0.25, 0.3) is 5.91 Å². The summed E-state index contributed by atoms with van der Waals surface area (Å²) in [4.78, 5) is 21.5. The molecule has 1 amide bonds. The SMILES string of the molecule is CCc1cccn1-c1ccc(C(=O)N=CN(C)C)nc1. The quantitative estimate of drug-likeness (QED) is 0.632. The fraction of sp³-hybridized carbons (Fsp3) is 0.267. The zero-order valence-corrected chi connectivity index (χ0v) is 11.9. The smallest absolute Gasteiger partial charge is 0.296 e. The first-order valence-corrected chi connectivity index (χ1v) is 6.49. The van der Waals surface area contributed by atoms with Crippen LogP contribution >= 0.6 is 0 Å². The minimum absolute atomic E-state index is 0.339. The van der Waals surface area contributed by atoms with Crippen LogP contribution in [0.1, 0.15) is 23.1 Å². The van der Waals surface area contributed by atoms with Gasteiger partial charge in [0.1, 0.15) is 5.69 Å². The largest absolute Gasteiger partial charge is 0.369 e. The van der Waals surface area contributed by atoms with Crippen LogP contribution in [0.5, 0.6) is 0 Å². The van der Waals surface area contributed by atoms with Crippen molar-refractivity contribution >= 4 is 12.2 Å². The third-order valence-corrected chi connectivity index (χ3v) is 2.85. The van der Waals surface area contributed by atoms with Crippen LogP contribution in [-0.2, 0) is 6.42 Å². The number of nitrogens with zero attached hydrogens (tertiary/aromatic N) is 4. The van der Waals surface area contributed by atoms with Crippen LogP contribution in [0.25, 0.3) is 5.69 Å². The first-order chi connectivity index (χ1) is 9.61. The number of aromatic nitrogens is 2. The lowest BCUT2D eigenvalue weighted by Crippen LogP contribution is -2.10. The van der Waals surface area contributed by atoms with Crippen molar-refractivity contribution in [3.05, 3.63) is 48.0 Å². The van der Waals surface area contributed by atoms with Gasteiger partial charge >= 0.3 is 0 Å². The van der Waals surface area contributed by atoms with Gasteiger partial charge in [-0.25, -0.2) is 4.98 Å². The van der Waals surface area contributed by atoms with Crippen LogP contribution < -0.4 is 0 Å². The predicted molar refractivity (Wildman–Crippen MR) is 79.5 cm³/mol. The molecule has 0 atom stereocenters. The number of carbonyl (C=O) groups excluding carboxylic acids is 1. The molecular formula is C15H18N4O. The van der Waals surface area contributed by atoms with E-state index in [-0.39, 0.29) is 5.91 Å². The zero-order valence-electron chi connectivity index (χ0n) is 11.9.